The molecule has 2 nitrogen and oxygen atoms in total. The normalized spacial score (nSPS) is 17.9. The lowest BCUT2D eigenvalue weighted by Gasteiger charge is -2.42. The average molecular weight is 322 g/mol. The number of hydrogen-bond donors (Lipinski definition) is 0. The monoisotopic (exact) mass is 322 g/mol. The minimum Gasteiger partial charge on any atom is -0.497 e. The fraction of sp³-hybridized carbons (Fsp3) is 0.409. The molecule has 1 aliphatic carbocycles. The van der Waals surface area contributed by atoms with E-state index in [9.17, 15) is 4.79 Å². The van der Waals surface area contributed by atoms with Crippen molar-refractivity contribution in [2.24, 2.45) is 0 Å². The maximum absolute atomic E-state index is 11.5. The van der Waals surface area contributed by atoms with Crippen molar-refractivity contribution < 1.29 is 9.53 Å². The highest BCUT2D eigenvalue weighted by Gasteiger charge is 2.37. The highest BCUT2D eigenvalue weighted by molar-refractivity contribution is 5.88. The molecule has 0 amide bonds. The van der Waals surface area contributed by atoms with E-state index in [1.54, 1.807) is 7.11 Å². The van der Waals surface area contributed by atoms with Crippen LogP contribution in [0.5, 0.6) is 5.75 Å². The van der Waals surface area contributed by atoms with Gasteiger partial charge in [-0.05, 0) is 64.1 Å². The Labute approximate surface area is 144 Å². The zero-order valence-corrected chi connectivity index (χ0v) is 15.3. The lowest BCUT2D eigenvalue weighted by molar-refractivity contribution is 0.112. The van der Waals surface area contributed by atoms with Crippen molar-refractivity contribution in [1.29, 1.82) is 0 Å². The summed E-state index contributed by atoms with van der Waals surface area (Å²) in [5.74, 6) is 0.771. The number of carbonyl (C=O) groups is 1. The second kappa shape index (κ2) is 5.77. The summed E-state index contributed by atoms with van der Waals surface area (Å²) in [6, 6.07) is 12.3. The van der Waals surface area contributed by atoms with Crippen LogP contribution in [0.25, 0.3) is 11.1 Å². The van der Waals surface area contributed by atoms with Crippen LogP contribution in [0.3, 0.4) is 0 Å². The van der Waals surface area contributed by atoms with Gasteiger partial charge in [-0.2, -0.15) is 0 Å². The molecule has 0 saturated carbocycles. The summed E-state index contributed by atoms with van der Waals surface area (Å²) < 4.78 is 5.35. The van der Waals surface area contributed by atoms with Gasteiger partial charge in [0, 0.05) is 5.56 Å². The molecule has 0 bridgehead atoms. The lowest BCUT2D eigenvalue weighted by atomic mass is 9.63. The zero-order valence-electron chi connectivity index (χ0n) is 15.3. The van der Waals surface area contributed by atoms with Crippen molar-refractivity contribution in [3.05, 3.63) is 53.1 Å². The Morgan fingerprint density at radius 2 is 1.58 bits per heavy atom. The molecule has 1 aliphatic rings. The van der Waals surface area contributed by atoms with Gasteiger partial charge in [-0.15, -0.1) is 0 Å². The second-order valence-corrected chi connectivity index (χ2v) is 8.10. The molecule has 2 aromatic rings. The highest BCUT2D eigenvalue weighted by Crippen LogP contribution is 2.47. The summed E-state index contributed by atoms with van der Waals surface area (Å²) in [6.07, 6.45) is 3.30. The standard InChI is InChI=1S/C22H26O2/c1-21(2)10-11-22(3,4)20-12-15(7-9-19(20)21)18-13-17(24-5)8-6-16(18)14-23/h6-9,12-14H,10-11H2,1-5H3. The van der Waals surface area contributed by atoms with E-state index in [0.29, 0.717) is 5.56 Å². The molecule has 126 valence electrons. The van der Waals surface area contributed by atoms with Crippen LogP contribution in [0.15, 0.2) is 36.4 Å². The van der Waals surface area contributed by atoms with Gasteiger partial charge in [-0.25, -0.2) is 0 Å². The molecular weight excluding hydrogens is 296 g/mol. The molecule has 0 saturated heterocycles. The summed E-state index contributed by atoms with van der Waals surface area (Å²) >= 11 is 0. The van der Waals surface area contributed by atoms with Crippen molar-refractivity contribution in [3.63, 3.8) is 0 Å². The Kier molecular flexibility index (Phi) is 4.03. The molecule has 0 atom stereocenters. The van der Waals surface area contributed by atoms with E-state index >= 15 is 0 Å². The Morgan fingerprint density at radius 1 is 0.917 bits per heavy atom. The molecule has 0 aromatic heterocycles. The van der Waals surface area contributed by atoms with Gasteiger partial charge in [0.1, 0.15) is 5.75 Å². The SMILES string of the molecule is COc1ccc(C=O)c(-c2ccc3c(c2)C(C)(C)CCC3(C)C)c1. The van der Waals surface area contributed by atoms with Crippen LogP contribution < -0.4 is 4.74 Å². The first kappa shape index (κ1) is 16.8. The quantitative estimate of drug-likeness (QED) is 0.695. The van der Waals surface area contributed by atoms with Crippen molar-refractivity contribution >= 4 is 6.29 Å². The maximum atomic E-state index is 11.5. The Balaban J connectivity index is 2.20. The summed E-state index contributed by atoms with van der Waals surface area (Å²) in [7, 11) is 1.65. The third kappa shape index (κ3) is 2.75. The first-order valence-corrected chi connectivity index (χ1v) is 8.57. The molecule has 24 heavy (non-hydrogen) atoms. The number of hydrogen-bond acceptors (Lipinski definition) is 2. The van der Waals surface area contributed by atoms with E-state index < -0.39 is 0 Å². The van der Waals surface area contributed by atoms with Crippen molar-refractivity contribution in [2.75, 3.05) is 7.11 Å². The van der Waals surface area contributed by atoms with Gasteiger partial charge in [0.2, 0.25) is 0 Å². The predicted molar refractivity (Wildman–Crippen MR) is 99.1 cm³/mol. The molecule has 0 radical (unpaired) electrons. The topological polar surface area (TPSA) is 26.3 Å². The first-order chi connectivity index (χ1) is 11.3. The van der Waals surface area contributed by atoms with E-state index in [0.717, 1.165) is 23.2 Å². The summed E-state index contributed by atoms with van der Waals surface area (Å²) in [5, 5.41) is 0. The van der Waals surface area contributed by atoms with Crippen LogP contribution in [0, 0.1) is 0 Å². The van der Waals surface area contributed by atoms with Crippen molar-refractivity contribution in [3.8, 4) is 16.9 Å². The first-order valence-electron chi connectivity index (χ1n) is 8.57. The zero-order chi connectivity index (χ0) is 17.5. The van der Waals surface area contributed by atoms with Gasteiger partial charge < -0.3 is 4.74 Å². The number of benzene rings is 2. The molecular formula is C22H26O2. The van der Waals surface area contributed by atoms with Crippen molar-refractivity contribution in [2.45, 2.75) is 51.4 Å². The van der Waals surface area contributed by atoms with Crippen LogP contribution in [-0.4, -0.2) is 13.4 Å². The van der Waals surface area contributed by atoms with E-state index in [-0.39, 0.29) is 10.8 Å². The van der Waals surface area contributed by atoms with Crippen LogP contribution in [0.4, 0.5) is 0 Å². The fourth-order valence-electron chi connectivity index (χ4n) is 3.77. The number of aldehydes is 1. The van der Waals surface area contributed by atoms with E-state index in [1.807, 2.05) is 18.2 Å². The van der Waals surface area contributed by atoms with Gasteiger partial charge in [0.25, 0.3) is 0 Å². The molecule has 3 rings (SSSR count). The van der Waals surface area contributed by atoms with E-state index in [1.165, 1.54) is 24.0 Å². The number of rotatable bonds is 3. The molecule has 0 N–H and O–H groups in total. The summed E-state index contributed by atoms with van der Waals surface area (Å²) in [4.78, 5) is 11.5. The molecule has 2 heteroatoms. The molecule has 0 fully saturated rings. The minimum atomic E-state index is 0.154. The molecule has 0 heterocycles. The fourth-order valence-corrected chi connectivity index (χ4v) is 3.77. The molecule has 0 aliphatic heterocycles. The Hall–Kier alpha value is -2.09. The van der Waals surface area contributed by atoms with E-state index in [2.05, 4.69) is 45.9 Å². The molecule has 2 aromatic carbocycles. The highest BCUT2D eigenvalue weighted by atomic mass is 16.5. The minimum absolute atomic E-state index is 0.154. The van der Waals surface area contributed by atoms with E-state index in [4.69, 9.17) is 4.74 Å². The number of fused-ring (bicyclic) bond motifs is 1. The Bertz CT molecular complexity index is 785. The smallest absolute Gasteiger partial charge is 0.150 e. The van der Waals surface area contributed by atoms with Crippen LogP contribution in [0.2, 0.25) is 0 Å². The van der Waals surface area contributed by atoms with Crippen LogP contribution >= 0.6 is 0 Å². The van der Waals surface area contributed by atoms with Crippen molar-refractivity contribution in [1.82, 2.24) is 0 Å². The van der Waals surface area contributed by atoms with Crippen LogP contribution in [-0.2, 0) is 10.8 Å². The maximum Gasteiger partial charge on any atom is 0.150 e. The lowest BCUT2D eigenvalue weighted by Crippen LogP contribution is -2.33. The van der Waals surface area contributed by atoms with Gasteiger partial charge in [-0.3, -0.25) is 4.79 Å². The number of methoxy groups -OCH3 is 1. The molecule has 0 unspecified atom stereocenters. The number of ether oxygens (including phenoxy) is 1. The third-order valence-electron chi connectivity index (χ3n) is 5.55. The summed E-state index contributed by atoms with van der Waals surface area (Å²) in [6.45, 7) is 9.28. The second-order valence-electron chi connectivity index (χ2n) is 8.10. The number of carbonyl (C=O) groups excluding carboxylic acids is 1. The third-order valence-corrected chi connectivity index (χ3v) is 5.55. The molecule has 0 spiro atoms. The summed E-state index contributed by atoms with van der Waals surface area (Å²) in [5.41, 5.74) is 5.90. The average Bonchev–Trinajstić information content (AvgIpc) is 2.58. The van der Waals surface area contributed by atoms with Gasteiger partial charge in [0.15, 0.2) is 6.29 Å². The largest absolute Gasteiger partial charge is 0.497 e. The van der Waals surface area contributed by atoms with Gasteiger partial charge in [-0.1, -0.05) is 45.9 Å². The van der Waals surface area contributed by atoms with Gasteiger partial charge in [0.05, 0.1) is 7.11 Å². The van der Waals surface area contributed by atoms with Crippen LogP contribution in [0.1, 0.15) is 62.0 Å². The predicted octanol–water partition coefficient (Wildman–Crippen LogP) is 5.52. The van der Waals surface area contributed by atoms with Gasteiger partial charge >= 0.3 is 0 Å². The Morgan fingerprint density at radius 3 is 2.21 bits per heavy atom.